The predicted octanol–water partition coefficient (Wildman–Crippen LogP) is 2.99. The van der Waals surface area contributed by atoms with Gasteiger partial charge in [-0.2, -0.15) is 17.0 Å². The van der Waals surface area contributed by atoms with E-state index in [1.165, 1.54) is 0 Å². The standard InChI is InChI=1S/C35H51N5O7S/c1-35(2,3)47-34(43)36-29-13-21-40(22-14-29)48(44,45)39-19-11-27(12-20-39)25-38-17-15-30(16-18-38)46-23-5-7-26-6-4-8-28(24-26)31-9-10-32(41)37-33(31)42/h4,6,8,24,27,29-31H,9-23,25H2,1-3H3,(H,36,43)(H,37,41,42). The highest BCUT2D eigenvalue weighted by Gasteiger charge is 2.36. The SMILES string of the molecule is CC(C)(C)OC(=O)NC1CCN(S(=O)(=O)N2CCC(CN3CCC(OCC#Cc4cccc(C5CCC(=O)NC5=O)c4)CC3)CC2)CC1. The zero-order valence-electron chi connectivity index (χ0n) is 28.5. The molecule has 0 aromatic heterocycles. The molecular formula is C35H51N5O7S. The second kappa shape index (κ2) is 16.1. The molecule has 48 heavy (non-hydrogen) atoms. The molecule has 0 spiro atoms. The van der Waals surface area contributed by atoms with Gasteiger partial charge in [-0.05, 0) is 89.3 Å². The molecule has 0 aliphatic carbocycles. The molecule has 1 aromatic rings. The molecule has 4 aliphatic rings. The Kier molecular flexibility index (Phi) is 12.2. The Balaban J connectivity index is 0.971. The van der Waals surface area contributed by atoms with E-state index in [0.29, 0.717) is 64.4 Å². The number of piperidine rings is 4. The molecule has 12 nitrogen and oxygen atoms in total. The van der Waals surface area contributed by atoms with E-state index in [1.54, 1.807) is 8.61 Å². The molecule has 1 unspecified atom stereocenters. The highest BCUT2D eigenvalue weighted by molar-refractivity contribution is 7.86. The van der Waals surface area contributed by atoms with E-state index in [4.69, 9.17) is 9.47 Å². The topological polar surface area (TPSA) is 138 Å². The fourth-order valence-electron chi connectivity index (χ4n) is 6.96. The zero-order valence-corrected chi connectivity index (χ0v) is 29.4. The van der Waals surface area contributed by atoms with E-state index in [0.717, 1.165) is 56.4 Å². The molecule has 2 N–H and O–H groups in total. The molecule has 0 radical (unpaired) electrons. The van der Waals surface area contributed by atoms with E-state index >= 15 is 0 Å². The molecule has 0 bridgehead atoms. The fourth-order valence-corrected chi connectivity index (χ4v) is 8.63. The third-order valence-corrected chi connectivity index (χ3v) is 11.6. The van der Waals surface area contributed by atoms with Gasteiger partial charge < -0.3 is 19.7 Å². The van der Waals surface area contributed by atoms with Crippen LogP contribution in [0.2, 0.25) is 0 Å². The van der Waals surface area contributed by atoms with E-state index in [2.05, 4.69) is 27.4 Å². The number of imide groups is 1. The first-order valence-electron chi connectivity index (χ1n) is 17.4. The van der Waals surface area contributed by atoms with Crippen molar-refractivity contribution in [1.29, 1.82) is 0 Å². The van der Waals surface area contributed by atoms with Crippen molar-refractivity contribution >= 4 is 28.1 Å². The average molecular weight is 686 g/mol. The predicted molar refractivity (Wildman–Crippen MR) is 181 cm³/mol. The minimum absolute atomic E-state index is 0.0872. The normalized spacial score (nSPS) is 23.3. The van der Waals surface area contributed by atoms with Gasteiger partial charge in [-0.3, -0.25) is 14.9 Å². The van der Waals surface area contributed by atoms with Crippen LogP contribution in [-0.4, -0.2) is 110 Å². The highest BCUT2D eigenvalue weighted by atomic mass is 32.2. The van der Waals surface area contributed by atoms with Crippen molar-refractivity contribution in [3.8, 4) is 11.8 Å². The number of alkyl carbamates (subject to hydrolysis) is 1. The minimum Gasteiger partial charge on any atom is -0.444 e. The van der Waals surface area contributed by atoms with Crippen molar-refractivity contribution < 1.29 is 32.3 Å². The fraction of sp³-hybridized carbons (Fsp3) is 0.686. The maximum atomic E-state index is 13.4. The van der Waals surface area contributed by atoms with Crippen LogP contribution in [0.1, 0.15) is 89.2 Å². The monoisotopic (exact) mass is 685 g/mol. The number of carbonyl (C=O) groups is 3. The number of nitrogens with zero attached hydrogens (tertiary/aromatic N) is 3. The number of rotatable bonds is 8. The second-order valence-corrected chi connectivity index (χ2v) is 16.3. The minimum atomic E-state index is -3.52. The first-order valence-corrected chi connectivity index (χ1v) is 18.8. The molecule has 3 amide bonds. The van der Waals surface area contributed by atoms with Gasteiger partial charge in [0.25, 0.3) is 10.2 Å². The smallest absolute Gasteiger partial charge is 0.407 e. The molecular weight excluding hydrogens is 634 g/mol. The van der Waals surface area contributed by atoms with Gasteiger partial charge in [0.15, 0.2) is 0 Å². The van der Waals surface area contributed by atoms with Crippen molar-refractivity contribution in [2.45, 2.75) is 95.8 Å². The number of carbonyl (C=O) groups excluding carboxylic acids is 3. The van der Waals surface area contributed by atoms with Crippen LogP contribution in [0.3, 0.4) is 0 Å². The zero-order chi connectivity index (χ0) is 34.3. The number of ether oxygens (including phenoxy) is 2. The van der Waals surface area contributed by atoms with Gasteiger partial charge in [-0.25, -0.2) is 4.79 Å². The molecule has 4 saturated heterocycles. The number of hydrogen-bond donors (Lipinski definition) is 2. The lowest BCUT2D eigenvalue weighted by atomic mass is 9.90. The van der Waals surface area contributed by atoms with Crippen LogP contribution < -0.4 is 10.6 Å². The summed E-state index contributed by atoms with van der Waals surface area (Å²) >= 11 is 0. The van der Waals surface area contributed by atoms with E-state index in [1.807, 2.05) is 45.0 Å². The van der Waals surface area contributed by atoms with Crippen molar-refractivity contribution in [3.05, 3.63) is 35.4 Å². The van der Waals surface area contributed by atoms with Crippen LogP contribution in [0.4, 0.5) is 4.79 Å². The molecule has 5 rings (SSSR count). The van der Waals surface area contributed by atoms with Gasteiger partial charge in [-0.15, -0.1) is 0 Å². The first kappa shape index (κ1) is 36.3. The summed E-state index contributed by atoms with van der Waals surface area (Å²) in [6, 6.07) is 7.54. The lowest BCUT2D eigenvalue weighted by Crippen LogP contribution is -2.53. The lowest BCUT2D eigenvalue weighted by molar-refractivity contribution is -0.134. The number of nitrogens with one attached hydrogen (secondary N) is 2. The molecule has 4 heterocycles. The third-order valence-electron chi connectivity index (χ3n) is 9.60. The van der Waals surface area contributed by atoms with Crippen molar-refractivity contribution in [1.82, 2.24) is 24.1 Å². The average Bonchev–Trinajstić information content (AvgIpc) is 3.04. The summed E-state index contributed by atoms with van der Waals surface area (Å²) in [6.07, 6.45) is 5.31. The molecule has 1 aromatic carbocycles. The highest BCUT2D eigenvalue weighted by Crippen LogP contribution is 2.27. The van der Waals surface area contributed by atoms with E-state index < -0.39 is 21.9 Å². The van der Waals surface area contributed by atoms with E-state index in [9.17, 15) is 22.8 Å². The van der Waals surface area contributed by atoms with Gasteiger partial charge in [0.05, 0.1) is 12.0 Å². The number of hydrogen-bond acceptors (Lipinski definition) is 8. The maximum absolute atomic E-state index is 13.4. The Hall–Kier alpha value is -3.02. The van der Waals surface area contributed by atoms with Crippen LogP contribution in [0, 0.1) is 17.8 Å². The Morgan fingerprint density at radius 2 is 1.62 bits per heavy atom. The summed E-state index contributed by atoms with van der Waals surface area (Å²) in [4.78, 5) is 38.3. The Morgan fingerprint density at radius 3 is 2.27 bits per heavy atom. The van der Waals surface area contributed by atoms with Crippen LogP contribution in [-0.2, 0) is 29.3 Å². The molecule has 4 fully saturated rings. The van der Waals surface area contributed by atoms with Gasteiger partial charge in [0.1, 0.15) is 12.2 Å². The third kappa shape index (κ3) is 10.2. The van der Waals surface area contributed by atoms with Crippen LogP contribution >= 0.6 is 0 Å². The second-order valence-electron chi connectivity index (χ2n) is 14.4. The number of likely N-dealkylation sites (tertiary alicyclic amines) is 1. The summed E-state index contributed by atoms with van der Waals surface area (Å²) in [5.41, 5.74) is 1.13. The molecule has 13 heteroatoms. The summed E-state index contributed by atoms with van der Waals surface area (Å²) in [5.74, 6) is 5.94. The quantitative estimate of drug-likeness (QED) is 0.315. The van der Waals surface area contributed by atoms with Crippen molar-refractivity contribution in [2.24, 2.45) is 5.92 Å². The van der Waals surface area contributed by atoms with Crippen LogP contribution in [0.15, 0.2) is 24.3 Å². The Labute approximate surface area is 285 Å². The maximum Gasteiger partial charge on any atom is 0.407 e. The first-order chi connectivity index (χ1) is 22.9. The molecule has 1 atom stereocenters. The summed E-state index contributed by atoms with van der Waals surface area (Å²) in [6.45, 7) is 10.6. The van der Waals surface area contributed by atoms with Gasteiger partial charge >= 0.3 is 6.09 Å². The molecule has 264 valence electrons. The van der Waals surface area contributed by atoms with Gasteiger partial charge in [-0.1, -0.05) is 24.0 Å². The largest absolute Gasteiger partial charge is 0.444 e. The molecule has 4 aliphatic heterocycles. The Morgan fingerprint density at radius 1 is 0.958 bits per heavy atom. The van der Waals surface area contributed by atoms with Crippen molar-refractivity contribution in [2.75, 3.05) is 52.4 Å². The summed E-state index contributed by atoms with van der Waals surface area (Å²) in [7, 11) is -3.52. The lowest BCUT2D eigenvalue weighted by Gasteiger charge is -2.39. The van der Waals surface area contributed by atoms with Crippen molar-refractivity contribution in [3.63, 3.8) is 0 Å². The summed E-state index contributed by atoms with van der Waals surface area (Å²) in [5, 5.41) is 5.29. The number of benzene rings is 1. The summed E-state index contributed by atoms with van der Waals surface area (Å²) < 4.78 is 41.3. The number of amides is 3. The van der Waals surface area contributed by atoms with Gasteiger partial charge in [0.2, 0.25) is 11.8 Å². The van der Waals surface area contributed by atoms with Crippen LogP contribution in [0.5, 0.6) is 0 Å². The van der Waals surface area contributed by atoms with E-state index in [-0.39, 0.29) is 29.9 Å². The Bertz CT molecular complexity index is 1460. The van der Waals surface area contributed by atoms with Gasteiger partial charge in [0, 0.05) is 63.8 Å². The van der Waals surface area contributed by atoms with Crippen LogP contribution in [0.25, 0.3) is 0 Å². The molecule has 0 saturated carbocycles.